The molecule has 0 aliphatic heterocycles. The molecule has 38 heavy (non-hydrogen) atoms. The zero-order valence-corrected chi connectivity index (χ0v) is 20.9. The van der Waals surface area contributed by atoms with Gasteiger partial charge in [0.2, 0.25) is 0 Å². The molecule has 2 heteroatoms. The molecule has 0 amide bonds. The fraction of sp³-hybridized carbons (Fsp3) is 0. The van der Waals surface area contributed by atoms with Gasteiger partial charge in [0, 0.05) is 34.0 Å². The van der Waals surface area contributed by atoms with Crippen LogP contribution in [0.4, 0.5) is 17.1 Å². The number of anilines is 3. The SMILES string of the molecule is c1ccc(-c2ccc(N(c3ccccc3)c3ccc4ccn(-c5ccccc5)c4c3)c3ccccc23)cc1. The van der Waals surface area contributed by atoms with Crippen LogP contribution >= 0.6 is 0 Å². The van der Waals surface area contributed by atoms with Gasteiger partial charge in [0.05, 0.1) is 11.2 Å². The average Bonchev–Trinajstić information content (AvgIpc) is 3.42. The predicted molar refractivity (Wildman–Crippen MR) is 161 cm³/mol. The van der Waals surface area contributed by atoms with Crippen LogP contribution in [-0.2, 0) is 0 Å². The van der Waals surface area contributed by atoms with Crippen molar-refractivity contribution in [1.82, 2.24) is 4.57 Å². The highest BCUT2D eigenvalue weighted by Gasteiger charge is 2.18. The summed E-state index contributed by atoms with van der Waals surface area (Å²) in [6, 6.07) is 54.0. The van der Waals surface area contributed by atoms with Crippen LogP contribution in [0.15, 0.2) is 158 Å². The number of hydrogen-bond acceptors (Lipinski definition) is 1. The van der Waals surface area contributed by atoms with Gasteiger partial charge in [0.1, 0.15) is 0 Å². The van der Waals surface area contributed by atoms with Crippen molar-refractivity contribution < 1.29 is 0 Å². The Morgan fingerprint density at radius 2 is 1.13 bits per heavy atom. The maximum Gasteiger partial charge on any atom is 0.0549 e. The van der Waals surface area contributed by atoms with Crippen molar-refractivity contribution in [3.8, 4) is 16.8 Å². The first-order valence-electron chi connectivity index (χ1n) is 13.0. The Morgan fingerprint density at radius 1 is 0.474 bits per heavy atom. The molecule has 0 aliphatic carbocycles. The van der Waals surface area contributed by atoms with Crippen molar-refractivity contribution in [3.63, 3.8) is 0 Å². The number of para-hydroxylation sites is 2. The molecule has 7 rings (SSSR count). The standard InChI is InChI=1S/C36H26N2/c1-4-12-27(13-5-1)32-22-23-35(34-19-11-10-18-33(32)34)38(30-16-8-3-9-17-30)31-21-20-28-24-25-37(36(28)26-31)29-14-6-2-7-15-29/h1-26H. The molecule has 6 aromatic carbocycles. The topological polar surface area (TPSA) is 8.17 Å². The van der Waals surface area contributed by atoms with Crippen molar-refractivity contribution in [2.75, 3.05) is 4.90 Å². The van der Waals surface area contributed by atoms with Gasteiger partial charge in [-0.1, -0.05) is 103 Å². The monoisotopic (exact) mass is 486 g/mol. The first-order chi connectivity index (χ1) is 18.9. The summed E-state index contributed by atoms with van der Waals surface area (Å²) in [5.74, 6) is 0. The Balaban J connectivity index is 1.46. The van der Waals surface area contributed by atoms with E-state index in [1.54, 1.807) is 0 Å². The first kappa shape index (κ1) is 22.1. The van der Waals surface area contributed by atoms with Gasteiger partial charge in [-0.15, -0.1) is 0 Å². The number of rotatable bonds is 5. The molecule has 0 bridgehead atoms. The van der Waals surface area contributed by atoms with Gasteiger partial charge in [0.25, 0.3) is 0 Å². The van der Waals surface area contributed by atoms with Crippen LogP contribution in [0.5, 0.6) is 0 Å². The molecular formula is C36H26N2. The highest BCUT2D eigenvalue weighted by molar-refractivity contribution is 6.06. The Morgan fingerprint density at radius 3 is 1.89 bits per heavy atom. The Hall–Kier alpha value is -5.08. The lowest BCUT2D eigenvalue weighted by atomic mass is 9.96. The summed E-state index contributed by atoms with van der Waals surface area (Å²) in [7, 11) is 0. The maximum absolute atomic E-state index is 2.37. The summed E-state index contributed by atoms with van der Waals surface area (Å²) in [5.41, 5.74) is 8.21. The summed E-state index contributed by atoms with van der Waals surface area (Å²) in [5, 5.41) is 3.68. The lowest BCUT2D eigenvalue weighted by Gasteiger charge is -2.27. The van der Waals surface area contributed by atoms with E-state index in [-0.39, 0.29) is 0 Å². The van der Waals surface area contributed by atoms with E-state index < -0.39 is 0 Å². The zero-order valence-electron chi connectivity index (χ0n) is 20.9. The second-order valence-electron chi connectivity index (χ2n) is 9.48. The lowest BCUT2D eigenvalue weighted by Crippen LogP contribution is -2.10. The molecule has 0 saturated heterocycles. The quantitative estimate of drug-likeness (QED) is 0.235. The summed E-state index contributed by atoms with van der Waals surface area (Å²) < 4.78 is 2.26. The van der Waals surface area contributed by atoms with Crippen molar-refractivity contribution in [2.24, 2.45) is 0 Å². The second kappa shape index (κ2) is 9.42. The van der Waals surface area contributed by atoms with Gasteiger partial charge in [-0.2, -0.15) is 0 Å². The summed E-state index contributed by atoms with van der Waals surface area (Å²) >= 11 is 0. The molecule has 0 saturated carbocycles. The third-order valence-electron chi connectivity index (χ3n) is 7.21. The number of fused-ring (bicyclic) bond motifs is 2. The van der Waals surface area contributed by atoms with Crippen LogP contribution in [0.25, 0.3) is 38.5 Å². The van der Waals surface area contributed by atoms with Gasteiger partial charge in [-0.05, 0) is 65.0 Å². The third-order valence-corrected chi connectivity index (χ3v) is 7.21. The molecule has 0 radical (unpaired) electrons. The third kappa shape index (κ3) is 3.84. The van der Waals surface area contributed by atoms with Crippen molar-refractivity contribution in [2.45, 2.75) is 0 Å². The molecule has 1 heterocycles. The van der Waals surface area contributed by atoms with Crippen LogP contribution in [0.1, 0.15) is 0 Å². The molecule has 2 nitrogen and oxygen atoms in total. The highest BCUT2D eigenvalue weighted by Crippen LogP contribution is 2.42. The van der Waals surface area contributed by atoms with Gasteiger partial charge in [-0.25, -0.2) is 0 Å². The van der Waals surface area contributed by atoms with E-state index in [0.717, 1.165) is 22.7 Å². The molecule has 0 unspecified atom stereocenters. The van der Waals surface area contributed by atoms with Gasteiger partial charge >= 0.3 is 0 Å². The van der Waals surface area contributed by atoms with E-state index in [2.05, 4.69) is 167 Å². The van der Waals surface area contributed by atoms with Gasteiger partial charge < -0.3 is 9.47 Å². The van der Waals surface area contributed by atoms with Crippen molar-refractivity contribution in [1.29, 1.82) is 0 Å². The first-order valence-corrected chi connectivity index (χ1v) is 13.0. The van der Waals surface area contributed by atoms with Crippen LogP contribution < -0.4 is 4.90 Å². The molecule has 7 aromatic rings. The van der Waals surface area contributed by atoms with Gasteiger partial charge in [-0.3, -0.25) is 0 Å². The van der Waals surface area contributed by atoms with Crippen LogP contribution in [0.2, 0.25) is 0 Å². The summed E-state index contributed by atoms with van der Waals surface area (Å²) in [6.07, 6.45) is 2.15. The maximum atomic E-state index is 2.37. The zero-order chi connectivity index (χ0) is 25.3. The second-order valence-corrected chi connectivity index (χ2v) is 9.48. The number of benzene rings is 6. The predicted octanol–water partition coefficient (Wildman–Crippen LogP) is 9.92. The van der Waals surface area contributed by atoms with Gasteiger partial charge in [0.15, 0.2) is 0 Å². The largest absolute Gasteiger partial charge is 0.316 e. The number of nitrogens with zero attached hydrogens (tertiary/aromatic N) is 2. The molecule has 0 N–H and O–H groups in total. The Labute approximate surface area is 222 Å². The van der Waals surface area contributed by atoms with E-state index >= 15 is 0 Å². The molecule has 0 aliphatic rings. The fourth-order valence-electron chi connectivity index (χ4n) is 5.42. The van der Waals surface area contributed by atoms with E-state index in [0.29, 0.717) is 0 Å². The smallest absolute Gasteiger partial charge is 0.0549 e. The summed E-state index contributed by atoms with van der Waals surface area (Å²) in [4.78, 5) is 2.37. The minimum Gasteiger partial charge on any atom is -0.316 e. The number of hydrogen-bond donors (Lipinski definition) is 0. The molecule has 180 valence electrons. The normalized spacial score (nSPS) is 11.2. The molecule has 0 atom stereocenters. The van der Waals surface area contributed by atoms with E-state index in [1.807, 2.05) is 0 Å². The fourth-order valence-corrected chi connectivity index (χ4v) is 5.42. The molecule has 0 spiro atoms. The van der Waals surface area contributed by atoms with E-state index in [1.165, 1.54) is 32.8 Å². The minimum absolute atomic E-state index is 1.12. The van der Waals surface area contributed by atoms with Crippen LogP contribution in [0, 0.1) is 0 Å². The summed E-state index contributed by atoms with van der Waals surface area (Å²) in [6.45, 7) is 0. The molecule has 1 aromatic heterocycles. The number of aromatic nitrogens is 1. The van der Waals surface area contributed by atoms with Crippen LogP contribution in [-0.4, -0.2) is 4.57 Å². The average molecular weight is 487 g/mol. The van der Waals surface area contributed by atoms with Crippen molar-refractivity contribution in [3.05, 3.63) is 158 Å². The van der Waals surface area contributed by atoms with Crippen LogP contribution in [0.3, 0.4) is 0 Å². The minimum atomic E-state index is 1.12. The lowest BCUT2D eigenvalue weighted by molar-refractivity contribution is 1.13. The molecular weight excluding hydrogens is 460 g/mol. The van der Waals surface area contributed by atoms with E-state index in [9.17, 15) is 0 Å². The Bertz CT molecular complexity index is 1850. The van der Waals surface area contributed by atoms with E-state index in [4.69, 9.17) is 0 Å². The molecule has 0 fully saturated rings. The highest BCUT2D eigenvalue weighted by atomic mass is 15.1. The van der Waals surface area contributed by atoms with Crippen molar-refractivity contribution >= 4 is 38.7 Å². The Kier molecular flexibility index (Phi) is 5.49.